The molecule has 1 aliphatic rings. The molecular weight excluding hydrogens is 277 g/mol. The molecule has 2 rings (SSSR count). The van der Waals surface area contributed by atoms with Crippen molar-refractivity contribution in [2.75, 3.05) is 18.0 Å². The number of anilines is 1. The van der Waals surface area contributed by atoms with Gasteiger partial charge in [-0.15, -0.1) is 0 Å². The van der Waals surface area contributed by atoms with Gasteiger partial charge in [-0.1, -0.05) is 18.3 Å². The van der Waals surface area contributed by atoms with Crippen molar-refractivity contribution in [2.45, 2.75) is 39.0 Å². The van der Waals surface area contributed by atoms with E-state index in [0.717, 1.165) is 10.6 Å². The van der Waals surface area contributed by atoms with E-state index in [4.69, 9.17) is 0 Å². The Morgan fingerprint density at radius 3 is 2.74 bits per heavy atom. The number of rotatable bonds is 3. The van der Waals surface area contributed by atoms with Crippen molar-refractivity contribution in [2.24, 2.45) is 5.92 Å². The summed E-state index contributed by atoms with van der Waals surface area (Å²) in [6.45, 7) is 2.41. The minimum atomic E-state index is -4.14. The van der Waals surface area contributed by atoms with E-state index in [1.54, 1.807) is 4.90 Å². The molecule has 1 N–H and O–H groups in total. The van der Waals surface area contributed by atoms with E-state index < -0.39 is 12.1 Å². The maximum atomic E-state index is 12.8. The Balaban J connectivity index is 2.15. The number of nitrogens with zero attached hydrogens (tertiary/aromatic N) is 2. The third-order valence-electron chi connectivity index (χ3n) is 3.40. The van der Waals surface area contributed by atoms with Crippen LogP contribution in [0.3, 0.4) is 0 Å². The molecule has 0 bridgehead atoms. The van der Waals surface area contributed by atoms with E-state index >= 15 is 0 Å². The molecule has 108 valence electrons. The summed E-state index contributed by atoms with van der Waals surface area (Å²) in [5.41, 5.74) is 0.789. The van der Waals surface area contributed by atoms with Crippen molar-refractivity contribution in [3.8, 4) is 0 Å². The molecule has 3 nitrogen and oxygen atoms in total. The van der Waals surface area contributed by atoms with Crippen LogP contribution in [0.1, 0.15) is 30.3 Å². The fourth-order valence-electron chi connectivity index (χ4n) is 2.32. The predicted molar refractivity (Wildman–Crippen MR) is 68.4 cm³/mol. The van der Waals surface area contributed by atoms with Gasteiger partial charge < -0.3 is 10.0 Å². The Kier molecular flexibility index (Phi) is 4.35. The summed E-state index contributed by atoms with van der Waals surface area (Å²) < 4.78 is 38.3. The Hall–Kier alpha value is -0.820. The molecule has 1 saturated heterocycles. The minimum absolute atomic E-state index is 0.0228. The first-order chi connectivity index (χ1) is 8.95. The summed E-state index contributed by atoms with van der Waals surface area (Å²) in [6.07, 6.45) is -2.73. The quantitative estimate of drug-likeness (QED) is 0.931. The number of halogens is 3. The molecule has 0 radical (unpaired) electrons. The molecule has 1 aliphatic heterocycles. The van der Waals surface area contributed by atoms with E-state index in [-0.39, 0.29) is 19.6 Å². The first-order valence-electron chi connectivity index (χ1n) is 6.36. The second-order valence-electron chi connectivity index (χ2n) is 4.70. The summed E-state index contributed by atoms with van der Waals surface area (Å²) in [7, 11) is 0. The average molecular weight is 294 g/mol. The first kappa shape index (κ1) is 14.6. The topological polar surface area (TPSA) is 36.4 Å². The number of aliphatic hydroxyl groups is 1. The van der Waals surface area contributed by atoms with Crippen LogP contribution in [0.5, 0.6) is 0 Å². The molecule has 0 saturated carbocycles. The average Bonchev–Trinajstić information content (AvgIpc) is 2.81. The predicted octanol–water partition coefficient (Wildman–Crippen LogP) is 2.98. The smallest absolute Gasteiger partial charge is 0.391 e. The highest BCUT2D eigenvalue weighted by Crippen LogP contribution is 2.36. The maximum Gasteiger partial charge on any atom is 0.393 e. The number of aliphatic hydroxyl groups excluding tert-OH is 1. The third-order valence-corrected chi connectivity index (χ3v) is 4.54. The number of aryl methyl sites for hydroxylation is 1. The van der Waals surface area contributed by atoms with E-state index in [1.165, 1.54) is 11.3 Å². The van der Waals surface area contributed by atoms with Gasteiger partial charge in [0, 0.05) is 13.1 Å². The van der Waals surface area contributed by atoms with Crippen LogP contribution in [-0.2, 0) is 13.0 Å². The van der Waals surface area contributed by atoms with Crippen molar-refractivity contribution in [3.63, 3.8) is 0 Å². The lowest BCUT2D eigenvalue weighted by Crippen LogP contribution is -2.41. The fourth-order valence-corrected chi connectivity index (χ4v) is 3.37. The van der Waals surface area contributed by atoms with Gasteiger partial charge in [0.15, 0.2) is 5.13 Å². The van der Waals surface area contributed by atoms with Gasteiger partial charge in [0.25, 0.3) is 0 Å². The van der Waals surface area contributed by atoms with Crippen LogP contribution in [0, 0.1) is 5.92 Å². The molecule has 1 atom stereocenters. The number of alkyl halides is 3. The molecule has 0 spiro atoms. The van der Waals surface area contributed by atoms with Gasteiger partial charge in [-0.25, -0.2) is 4.98 Å². The van der Waals surface area contributed by atoms with Crippen LogP contribution in [0.4, 0.5) is 18.3 Å². The molecule has 0 amide bonds. The van der Waals surface area contributed by atoms with Gasteiger partial charge in [-0.05, 0) is 19.3 Å². The van der Waals surface area contributed by atoms with Crippen molar-refractivity contribution < 1.29 is 18.3 Å². The highest BCUT2D eigenvalue weighted by Gasteiger charge is 2.42. The van der Waals surface area contributed by atoms with Gasteiger partial charge in [0.1, 0.15) is 0 Å². The number of hydrogen-bond acceptors (Lipinski definition) is 4. The molecule has 19 heavy (non-hydrogen) atoms. The highest BCUT2D eigenvalue weighted by molar-refractivity contribution is 7.15. The fraction of sp³-hybridized carbons (Fsp3) is 0.750. The monoisotopic (exact) mass is 294 g/mol. The van der Waals surface area contributed by atoms with E-state index in [2.05, 4.69) is 4.98 Å². The summed E-state index contributed by atoms with van der Waals surface area (Å²) in [6, 6.07) is 0. The number of aromatic nitrogens is 1. The first-order valence-corrected chi connectivity index (χ1v) is 7.18. The number of hydrogen-bond donors (Lipinski definition) is 1. The van der Waals surface area contributed by atoms with Crippen molar-refractivity contribution in [3.05, 3.63) is 10.6 Å². The van der Waals surface area contributed by atoms with Gasteiger partial charge in [-0.3, -0.25) is 0 Å². The van der Waals surface area contributed by atoms with Gasteiger partial charge >= 0.3 is 6.18 Å². The lowest BCUT2D eigenvalue weighted by Gasteiger charge is -2.33. The lowest BCUT2D eigenvalue weighted by atomic mass is 9.98. The number of thiazole rings is 1. The zero-order valence-corrected chi connectivity index (χ0v) is 11.5. The Morgan fingerprint density at radius 2 is 2.21 bits per heavy atom. The van der Waals surface area contributed by atoms with Gasteiger partial charge in [0.2, 0.25) is 0 Å². The van der Waals surface area contributed by atoms with Crippen LogP contribution >= 0.6 is 11.3 Å². The second-order valence-corrected chi connectivity index (χ2v) is 5.77. The minimum Gasteiger partial charge on any atom is -0.391 e. The molecular formula is C12H17F3N2OS. The van der Waals surface area contributed by atoms with E-state index in [1.807, 2.05) is 6.92 Å². The Bertz CT molecular complexity index is 412. The van der Waals surface area contributed by atoms with Gasteiger partial charge in [-0.2, -0.15) is 13.2 Å². The molecule has 1 aromatic heterocycles. The van der Waals surface area contributed by atoms with Crippen LogP contribution in [0.2, 0.25) is 0 Å². The normalized spacial score (nSPS) is 20.9. The SMILES string of the molecule is CCc1nc(N2CCCC(C(F)(F)F)C2)sc1CO. The lowest BCUT2D eigenvalue weighted by molar-refractivity contribution is -0.175. The Morgan fingerprint density at radius 1 is 1.47 bits per heavy atom. The maximum absolute atomic E-state index is 12.8. The number of piperidine rings is 1. The third kappa shape index (κ3) is 3.20. The zero-order valence-electron chi connectivity index (χ0n) is 10.7. The van der Waals surface area contributed by atoms with Crippen molar-refractivity contribution in [1.29, 1.82) is 0 Å². The molecule has 1 fully saturated rings. The second kappa shape index (κ2) is 5.66. The van der Waals surface area contributed by atoms with E-state index in [0.29, 0.717) is 24.5 Å². The molecule has 0 aliphatic carbocycles. The van der Waals surface area contributed by atoms with Gasteiger partial charge in [0.05, 0.1) is 23.1 Å². The summed E-state index contributed by atoms with van der Waals surface area (Å²) in [4.78, 5) is 6.81. The molecule has 0 aromatic carbocycles. The van der Waals surface area contributed by atoms with E-state index in [9.17, 15) is 18.3 Å². The molecule has 2 heterocycles. The van der Waals surface area contributed by atoms with Crippen molar-refractivity contribution in [1.82, 2.24) is 4.98 Å². The van der Waals surface area contributed by atoms with Crippen molar-refractivity contribution >= 4 is 16.5 Å². The molecule has 1 unspecified atom stereocenters. The van der Waals surface area contributed by atoms with Crippen LogP contribution in [-0.4, -0.2) is 29.4 Å². The summed E-state index contributed by atoms with van der Waals surface area (Å²) >= 11 is 1.30. The summed E-state index contributed by atoms with van der Waals surface area (Å²) in [5, 5.41) is 9.82. The van der Waals surface area contributed by atoms with Crippen LogP contribution < -0.4 is 4.90 Å². The molecule has 1 aromatic rings. The largest absolute Gasteiger partial charge is 0.393 e. The highest BCUT2D eigenvalue weighted by atomic mass is 32.1. The zero-order chi connectivity index (χ0) is 14.0. The summed E-state index contributed by atoms with van der Waals surface area (Å²) in [5.74, 6) is -1.27. The standard InChI is InChI=1S/C12H17F3N2OS/c1-2-9-10(7-18)19-11(16-9)17-5-3-4-8(6-17)12(13,14)15/h8,18H,2-7H2,1H3. The van der Waals surface area contributed by atoms with Crippen LogP contribution in [0.25, 0.3) is 0 Å². The molecule has 7 heteroatoms. The Labute approximate surface area is 114 Å². The van der Waals surface area contributed by atoms with Crippen LogP contribution in [0.15, 0.2) is 0 Å².